The molecule has 0 unspecified atom stereocenters. The minimum absolute atomic E-state index is 0.0841. The molecule has 1 N–H and O–H groups in total. The van der Waals surface area contributed by atoms with E-state index in [2.05, 4.69) is 25.7 Å². The summed E-state index contributed by atoms with van der Waals surface area (Å²) < 4.78 is 18.0. The molecule has 4 rings (SSSR count). The van der Waals surface area contributed by atoms with Crippen LogP contribution in [0.4, 0.5) is 0 Å². The third kappa shape index (κ3) is 5.89. The third-order valence-corrected chi connectivity index (χ3v) is 6.25. The zero-order chi connectivity index (χ0) is 26.2. The Morgan fingerprint density at radius 1 is 0.973 bits per heavy atom. The Hall–Kier alpha value is -4.38. The van der Waals surface area contributed by atoms with Crippen molar-refractivity contribution in [1.82, 2.24) is 25.2 Å². The average Bonchev–Trinajstić information content (AvgIpc) is 3.36. The van der Waals surface area contributed by atoms with Crippen LogP contribution in [0, 0.1) is 6.92 Å². The van der Waals surface area contributed by atoms with Gasteiger partial charge in [0.25, 0.3) is 5.91 Å². The van der Waals surface area contributed by atoms with E-state index in [4.69, 9.17) is 14.2 Å². The summed E-state index contributed by atoms with van der Waals surface area (Å²) in [5, 5.41) is 13.4. The van der Waals surface area contributed by atoms with Crippen LogP contribution in [-0.2, 0) is 4.79 Å². The van der Waals surface area contributed by atoms with Crippen molar-refractivity contribution >= 4 is 23.9 Å². The molecule has 0 saturated carbocycles. The number of aromatic nitrogens is 4. The van der Waals surface area contributed by atoms with Gasteiger partial charge in [0.1, 0.15) is 0 Å². The minimum atomic E-state index is -0.301. The van der Waals surface area contributed by atoms with Gasteiger partial charge in [0.05, 0.1) is 33.3 Å². The largest absolute Gasteiger partial charge is 0.493 e. The van der Waals surface area contributed by atoms with Gasteiger partial charge >= 0.3 is 0 Å². The van der Waals surface area contributed by atoms with Crippen LogP contribution in [0.25, 0.3) is 17.1 Å². The molecule has 0 fully saturated rings. The van der Waals surface area contributed by atoms with Gasteiger partial charge in [0, 0.05) is 29.2 Å². The Bertz CT molecular complexity index is 1390. The molecule has 37 heavy (non-hydrogen) atoms. The number of methoxy groups -OCH3 is 3. The number of benzene rings is 2. The summed E-state index contributed by atoms with van der Waals surface area (Å²) in [6.07, 6.45) is 4.89. The maximum absolute atomic E-state index is 12.6. The molecule has 4 aromatic rings. The molecular weight excluding hydrogens is 492 g/mol. The number of hydrogen-bond acceptors (Lipinski definition) is 9. The van der Waals surface area contributed by atoms with Gasteiger partial charge in [-0.2, -0.15) is 5.10 Å². The lowest BCUT2D eigenvalue weighted by molar-refractivity contribution is -0.118. The van der Waals surface area contributed by atoms with E-state index in [0.717, 1.165) is 16.8 Å². The first-order chi connectivity index (χ1) is 18.0. The second-order valence-corrected chi connectivity index (χ2v) is 8.66. The maximum atomic E-state index is 12.6. The molecule has 190 valence electrons. The minimum Gasteiger partial charge on any atom is -0.493 e. The first kappa shape index (κ1) is 25.7. The molecule has 0 aliphatic rings. The van der Waals surface area contributed by atoms with E-state index in [1.54, 1.807) is 31.6 Å². The Labute approximate surface area is 218 Å². The first-order valence-electron chi connectivity index (χ1n) is 11.2. The molecule has 2 aromatic heterocycles. The van der Waals surface area contributed by atoms with Gasteiger partial charge in [-0.1, -0.05) is 29.5 Å². The van der Waals surface area contributed by atoms with Crippen LogP contribution in [0.5, 0.6) is 17.2 Å². The molecule has 0 bridgehead atoms. The number of carbonyl (C=O) groups excluding carboxylic acids is 1. The van der Waals surface area contributed by atoms with Gasteiger partial charge < -0.3 is 14.2 Å². The number of amides is 1. The average molecular weight is 519 g/mol. The van der Waals surface area contributed by atoms with E-state index in [0.29, 0.717) is 33.8 Å². The predicted molar refractivity (Wildman–Crippen MR) is 142 cm³/mol. The predicted octanol–water partition coefficient (Wildman–Crippen LogP) is 3.91. The number of nitrogens with one attached hydrogen (secondary N) is 1. The molecule has 0 saturated heterocycles. The van der Waals surface area contributed by atoms with Crippen LogP contribution in [0.3, 0.4) is 0 Å². The van der Waals surface area contributed by atoms with Crippen LogP contribution in [0.2, 0.25) is 0 Å². The highest BCUT2D eigenvalue weighted by Crippen LogP contribution is 2.39. The number of thioether (sulfide) groups is 1. The van der Waals surface area contributed by atoms with Crippen LogP contribution in [-0.4, -0.2) is 59.0 Å². The standard InChI is InChI=1S/C26H26N6O4S/c1-17-5-8-20(9-6-17)32-25(18-11-13-27-14-12-18)30-31-26(32)37-16-22(33)29-28-15-19-7-10-21(34-2)24(36-4)23(19)35-3/h5-15H,16H2,1-4H3,(H,29,33). The van der Waals surface area contributed by atoms with E-state index < -0.39 is 0 Å². The fraction of sp³-hybridized carbons (Fsp3) is 0.192. The fourth-order valence-corrected chi connectivity index (χ4v) is 4.28. The molecule has 0 radical (unpaired) electrons. The molecule has 10 nitrogen and oxygen atoms in total. The van der Waals surface area contributed by atoms with Crippen molar-refractivity contribution in [1.29, 1.82) is 0 Å². The van der Waals surface area contributed by atoms with Gasteiger partial charge in [-0.3, -0.25) is 14.3 Å². The second-order valence-electron chi connectivity index (χ2n) is 7.72. The van der Waals surface area contributed by atoms with Crippen molar-refractivity contribution in [2.45, 2.75) is 12.1 Å². The van der Waals surface area contributed by atoms with Crippen molar-refractivity contribution in [2.24, 2.45) is 5.10 Å². The monoisotopic (exact) mass is 518 g/mol. The number of hydrogen-bond donors (Lipinski definition) is 1. The highest BCUT2D eigenvalue weighted by Gasteiger charge is 2.18. The SMILES string of the molecule is COc1ccc(C=NNC(=O)CSc2nnc(-c3ccncc3)n2-c2ccc(C)cc2)c(OC)c1OC. The Kier molecular flexibility index (Phi) is 8.37. The second kappa shape index (κ2) is 12.0. The summed E-state index contributed by atoms with van der Waals surface area (Å²) in [5.74, 6) is 1.86. The molecule has 0 aliphatic heterocycles. The van der Waals surface area contributed by atoms with Crippen LogP contribution >= 0.6 is 11.8 Å². The number of nitrogens with zero attached hydrogens (tertiary/aromatic N) is 5. The lowest BCUT2D eigenvalue weighted by Crippen LogP contribution is -2.20. The van der Waals surface area contributed by atoms with Crippen molar-refractivity contribution in [3.05, 3.63) is 72.1 Å². The fourth-order valence-electron chi connectivity index (χ4n) is 3.54. The van der Waals surface area contributed by atoms with E-state index in [1.807, 2.05) is 47.9 Å². The molecule has 0 aliphatic carbocycles. The Morgan fingerprint density at radius 3 is 2.38 bits per heavy atom. The molecule has 2 aromatic carbocycles. The first-order valence-corrected chi connectivity index (χ1v) is 12.2. The summed E-state index contributed by atoms with van der Waals surface area (Å²) in [7, 11) is 4.59. The van der Waals surface area contributed by atoms with Gasteiger partial charge in [0.15, 0.2) is 22.5 Å². The normalized spacial score (nSPS) is 10.9. The summed E-state index contributed by atoms with van der Waals surface area (Å²) in [6, 6.07) is 15.3. The molecule has 0 spiro atoms. The number of hydrazone groups is 1. The summed E-state index contributed by atoms with van der Waals surface area (Å²) >= 11 is 1.26. The van der Waals surface area contributed by atoms with E-state index in [9.17, 15) is 4.79 Å². The highest BCUT2D eigenvalue weighted by atomic mass is 32.2. The highest BCUT2D eigenvalue weighted by molar-refractivity contribution is 7.99. The molecule has 0 atom stereocenters. The maximum Gasteiger partial charge on any atom is 0.250 e. The molecule has 2 heterocycles. The number of aryl methyl sites for hydroxylation is 1. The quantitative estimate of drug-likeness (QED) is 0.191. The van der Waals surface area contributed by atoms with Crippen molar-refractivity contribution in [3.63, 3.8) is 0 Å². The van der Waals surface area contributed by atoms with Crippen LogP contribution in [0.1, 0.15) is 11.1 Å². The van der Waals surface area contributed by atoms with Gasteiger partial charge in [-0.25, -0.2) is 5.43 Å². The molecular formula is C26H26N6O4S. The number of carbonyl (C=O) groups is 1. The van der Waals surface area contributed by atoms with Crippen LogP contribution < -0.4 is 19.6 Å². The lowest BCUT2D eigenvalue weighted by atomic mass is 10.2. The molecule has 11 heteroatoms. The smallest absolute Gasteiger partial charge is 0.250 e. The van der Waals surface area contributed by atoms with E-state index in [1.165, 1.54) is 32.2 Å². The van der Waals surface area contributed by atoms with E-state index >= 15 is 0 Å². The summed E-state index contributed by atoms with van der Waals surface area (Å²) in [4.78, 5) is 16.6. The van der Waals surface area contributed by atoms with Crippen LogP contribution in [0.15, 0.2) is 71.2 Å². The van der Waals surface area contributed by atoms with Gasteiger partial charge in [-0.15, -0.1) is 10.2 Å². The topological polar surface area (TPSA) is 113 Å². The van der Waals surface area contributed by atoms with Gasteiger partial charge in [0.2, 0.25) is 5.75 Å². The lowest BCUT2D eigenvalue weighted by Gasteiger charge is -2.13. The Balaban J connectivity index is 1.49. The molecule has 1 amide bonds. The Morgan fingerprint density at radius 2 is 1.70 bits per heavy atom. The zero-order valence-corrected chi connectivity index (χ0v) is 21.7. The summed E-state index contributed by atoms with van der Waals surface area (Å²) in [6.45, 7) is 2.03. The zero-order valence-electron chi connectivity index (χ0n) is 20.8. The van der Waals surface area contributed by atoms with Crippen molar-refractivity contribution in [2.75, 3.05) is 27.1 Å². The van der Waals surface area contributed by atoms with Gasteiger partial charge in [-0.05, 0) is 43.3 Å². The van der Waals surface area contributed by atoms with Crippen molar-refractivity contribution in [3.8, 4) is 34.3 Å². The van der Waals surface area contributed by atoms with Crippen molar-refractivity contribution < 1.29 is 19.0 Å². The van der Waals surface area contributed by atoms with E-state index in [-0.39, 0.29) is 11.7 Å². The number of rotatable bonds is 10. The third-order valence-electron chi connectivity index (χ3n) is 5.32. The number of ether oxygens (including phenoxy) is 3. The summed E-state index contributed by atoms with van der Waals surface area (Å²) in [5.41, 5.74) is 6.06. The number of pyridine rings is 1.